The molecule has 5 heteroatoms. The Balaban J connectivity index is 2.58. The number of aliphatic hydroxyl groups is 1. The summed E-state index contributed by atoms with van der Waals surface area (Å²) < 4.78 is 0. The van der Waals surface area contributed by atoms with Crippen molar-refractivity contribution >= 4 is 29.9 Å². The fraction of sp³-hybridized carbons (Fsp3) is 0.375. The van der Waals surface area contributed by atoms with Crippen LogP contribution in [0.2, 0.25) is 0 Å². The summed E-state index contributed by atoms with van der Waals surface area (Å²) in [7, 11) is 0. The van der Waals surface area contributed by atoms with Gasteiger partial charge in [-0.3, -0.25) is 4.79 Å². The fourth-order valence-corrected chi connectivity index (χ4v) is 1.84. The molecule has 1 aromatic rings. The maximum atomic E-state index is 11.4. The van der Waals surface area contributed by atoms with Gasteiger partial charge >= 0.3 is 0 Å². The van der Waals surface area contributed by atoms with E-state index < -0.39 is 0 Å². The predicted octanol–water partition coefficient (Wildman–Crippen LogP) is 1.15. The van der Waals surface area contributed by atoms with Gasteiger partial charge < -0.3 is 10.4 Å². The van der Waals surface area contributed by atoms with E-state index in [1.807, 2.05) is 0 Å². The average molecular weight is 217 g/mol. The Hall–Kier alpha value is -0.520. The quantitative estimate of drug-likeness (QED) is 0.665. The number of carbonyl (C=O) groups is 1. The molecule has 1 aromatic heterocycles. The van der Waals surface area contributed by atoms with Gasteiger partial charge in [-0.2, -0.15) is 0 Å². The molecule has 13 heavy (non-hydrogen) atoms. The van der Waals surface area contributed by atoms with Gasteiger partial charge in [0.1, 0.15) is 0 Å². The first-order chi connectivity index (χ1) is 6.13. The van der Waals surface area contributed by atoms with Gasteiger partial charge in [-0.15, -0.1) is 24.0 Å². The summed E-state index contributed by atoms with van der Waals surface area (Å²) in [6, 6.07) is 1.49. The molecule has 0 saturated heterocycles. The SMILES string of the molecule is CC(CO)NC(=O)c1cc(S)cs1. The Bertz CT molecular complexity index is 298. The molecule has 1 unspecified atom stereocenters. The molecule has 0 aromatic carbocycles. The van der Waals surface area contributed by atoms with Crippen LogP contribution in [-0.4, -0.2) is 23.7 Å². The number of nitrogens with one attached hydrogen (secondary N) is 1. The van der Waals surface area contributed by atoms with Crippen LogP contribution < -0.4 is 5.32 Å². The molecule has 0 aliphatic carbocycles. The largest absolute Gasteiger partial charge is 0.394 e. The molecule has 0 aliphatic heterocycles. The Kier molecular flexibility index (Phi) is 3.77. The number of carbonyl (C=O) groups excluding carboxylic acids is 1. The van der Waals surface area contributed by atoms with Crippen molar-refractivity contribution in [1.29, 1.82) is 0 Å². The standard InChI is InChI=1S/C8H11NO2S2/c1-5(3-10)9-8(11)7-2-6(12)4-13-7/h2,4-5,10,12H,3H2,1H3,(H,9,11). The van der Waals surface area contributed by atoms with Crippen molar-refractivity contribution in [3.05, 3.63) is 16.3 Å². The zero-order valence-electron chi connectivity index (χ0n) is 7.15. The number of amides is 1. The minimum absolute atomic E-state index is 0.0507. The van der Waals surface area contributed by atoms with Crippen molar-refractivity contribution in [2.24, 2.45) is 0 Å². The van der Waals surface area contributed by atoms with Gasteiger partial charge in [-0.1, -0.05) is 0 Å². The minimum atomic E-state index is -0.210. The van der Waals surface area contributed by atoms with Crippen molar-refractivity contribution < 1.29 is 9.90 Å². The van der Waals surface area contributed by atoms with E-state index in [1.165, 1.54) is 11.3 Å². The molecule has 0 spiro atoms. The summed E-state index contributed by atoms with van der Waals surface area (Å²) in [5.41, 5.74) is 0. The highest BCUT2D eigenvalue weighted by Gasteiger charge is 2.10. The lowest BCUT2D eigenvalue weighted by molar-refractivity contribution is 0.0926. The molecule has 0 saturated carbocycles. The lowest BCUT2D eigenvalue weighted by Gasteiger charge is -2.08. The van der Waals surface area contributed by atoms with Crippen molar-refractivity contribution in [1.82, 2.24) is 5.32 Å². The lowest BCUT2D eigenvalue weighted by Crippen LogP contribution is -2.34. The third-order valence-electron chi connectivity index (χ3n) is 1.46. The van der Waals surface area contributed by atoms with E-state index >= 15 is 0 Å². The third kappa shape index (κ3) is 3.02. The monoisotopic (exact) mass is 217 g/mol. The predicted molar refractivity (Wildman–Crippen MR) is 55.6 cm³/mol. The number of hydrogen-bond donors (Lipinski definition) is 3. The van der Waals surface area contributed by atoms with Gasteiger partial charge in [0.2, 0.25) is 0 Å². The van der Waals surface area contributed by atoms with Crippen LogP contribution >= 0.6 is 24.0 Å². The molecule has 1 rings (SSSR count). The Morgan fingerprint density at radius 1 is 1.85 bits per heavy atom. The molecule has 3 nitrogen and oxygen atoms in total. The van der Waals surface area contributed by atoms with Crippen LogP contribution in [0.3, 0.4) is 0 Å². The van der Waals surface area contributed by atoms with Gasteiger partial charge in [-0.05, 0) is 13.0 Å². The second kappa shape index (κ2) is 4.64. The molecule has 1 heterocycles. The molecule has 2 N–H and O–H groups in total. The maximum absolute atomic E-state index is 11.4. The molecular weight excluding hydrogens is 206 g/mol. The number of rotatable bonds is 3. The summed E-state index contributed by atoms with van der Waals surface area (Å²) in [4.78, 5) is 12.8. The Morgan fingerprint density at radius 3 is 3.00 bits per heavy atom. The first kappa shape index (κ1) is 10.6. The summed E-state index contributed by atoms with van der Waals surface area (Å²) in [6.07, 6.45) is 0. The van der Waals surface area contributed by atoms with Crippen LogP contribution in [0.1, 0.15) is 16.6 Å². The second-order valence-electron chi connectivity index (χ2n) is 2.73. The molecule has 72 valence electrons. The van der Waals surface area contributed by atoms with Crippen molar-refractivity contribution in [3.8, 4) is 0 Å². The molecule has 0 bridgehead atoms. The molecule has 0 aliphatic rings. The van der Waals surface area contributed by atoms with E-state index in [0.717, 1.165) is 4.90 Å². The molecule has 0 radical (unpaired) electrons. The second-order valence-corrected chi connectivity index (χ2v) is 4.15. The zero-order valence-corrected chi connectivity index (χ0v) is 8.86. The smallest absolute Gasteiger partial charge is 0.261 e. The van der Waals surface area contributed by atoms with E-state index in [0.29, 0.717) is 4.88 Å². The number of hydrogen-bond acceptors (Lipinski definition) is 4. The highest BCUT2D eigenvalue weighted by Crippen LogP contribution is 2.17. The minimum Gasteiger partial charge on any atom is -0.394 e. The van der Waals surface area contributed by atoms with E-state index in [2.05, 4.69) is 17.9 Å². The van der Waals surface area contributed by atoms with Gasteiger partial charge in [0, 0.05) is 16.3 Å². The van der Waals surface area contributed by atoms with Crippen LogP contribution in [-0.2, 0) is 0 Å². The fourth-order valence-electron chi connectivity index (χ4n) is 0.786. The first-order valence-corrected chi connectivity index (χ1v) is 5.15. The van der Waals surface area contributed by atoms with E-state index in [4.69, 9.17) is 5.11 Å². The maximum Gasteiger partial charge on any atom is 0.261 e. The lowest BCUT2D eigenvalue weighted by atomic mass is 10.3. The number of thiophene rings is 1. The summed E-state index contributed by atoms with van der Waals surface area (Å²) in [5.74, 6) is -0.160. The van der Waals surface area contributed by atoms with Crippen LogP contribution in [0.4, 0.5) is 0 Å². The average Bonchev–Trinajstić information content (AvgIpc) is 2.51. The van der Waals surface area contributed by atoms with Crippen molar-refractivity contribution in [2.45, 2.75) is 17.9 Å². The van der Waals surface area contributed by atoms with Crippen molar-refractivity contribution in [2.75, 3.05) is 6.61 Å². The number of thiol groups is 1. The first-order valence-electron chi connectivity index (χ1n) is 3.82. The van der Waals surface area contributed by atoms with Crippen LogP contribution in [0.25, 0.3) is 0 Å². The van der Waals surface area contributed by atoms with E-state index in [1.54, 1.807) is 18.4 Å². The van der Waals surface area contributed by atoms with E-state index in [9.17, 15) is 4.79 Å². The van der Waals surface area contributed by atoms with Crippen LogP contribution in [0.5, 0.6) is 0 Å². The highest BCUT2D eigenvalue weighted by molar-refractivity contribution is 7.80. The summed E-state index contributed by atoms with van der Waals surface area (Å²) in [6.45, 7) is 1.69. The molecule has 1 amide bonds. The summed E-state index contributed by atoms with van der Waals surface area (Å²) in [5, 5.41) is 13.1. The van der Waals surface area contributed by atoms with Gasteiger partial charge in [0.25, 0.3) is 5.91 Å². The van der Waals surface area contributed by atoms with Gasteiger partial charge in [0.15, 0.2) is 0 Å². The zero-order chi connectivity index (χ0) is 9.84. The van der Waals surface area contributed by atoms with E-state index in [-0.39, 0.29) is 18.6 Å². The Morgan fingerprint density at radius 2 is 2.54 bits per heavy atom. The number of aliphatic hydroxyl groups excluding tert-OH is 1. The van der Waals surface area contributed by atoms with Gasteiger partial charge in [-0.25, -0.2) is 0 Å². The van der Waals surface area contributed by atoms with Crippen molar-refractivity contribution in [3.63, 3.8) is 0 Å². The normalized spacial score (nSPS) is 12.5. The summed E-state index contributed by atoms with van der Waals surface area (Å²) >= 11 is 5.43. The van der Waals surface area contributed by atoms with Crippen LogP contribution in [0.15, 0.2) is 16.3 Å². The molecule has 1 atom stereocenters. The molecule has 0 fully saturated rings. The van der Waals surface area contributed by atoms with Crippen LogP contribution in [0, 0.1) is 0 Å². The Labute approximate surface area is 86.2 Å². The highest BCUT2D eigenvalue weighted by atomic mass is 32.1. The molecular formula is C8H11NO2S2. The third-order valence-corrected chi connectivity index (χ3v) is 2.82. The topological polar surface area (TPSA) is 49.3 Å². The van der Waals surface area contributed by atoms with Gasteiger partial charge in [0.05, 0.1) is 11.5 Å².